The summed E-state index contributed by atoms with van der Waals surface area (Å²) in [5.41, 5.74) is 0.991. The number of halogens is 1. The van der Waals surface area contributed by atoms with Gasteiger partial charge in [-0.3, -0.25) is 19.3 Å². The molecule has 160 valence electrons. The zero-order valence-electron chi connectivity index (χ0n) is 17.0. The van der Waals surface area contributed by atoms with Crippen molar-refractivity contribution >= 4 is 45.2 Å². The molecule has 0 aromatic heterocycles. The Morgan fingerprint density at radius 1 is 1.00 bits per heavy atom. The highest BCUT2D eigenvalue weighted by atomic mass is 79.9. The minimum atomic E-state index is -0.683. The standard InChI is InChI=1S/C24H22BrNO5/c1-14-5-10-19-20(11-14)23(29)26(22(19)28)18-4-2-3-16(12-18)24(30)31-13-21(27)15-6-8-17(25)9-7-15/h2-4,6-9,12,14,19-20H,5,10-11,13H2,1H3/t14-,19+,20+/m1/s1. The predicted molar refractivity (Wildman–Crippen MR) is 118 cm³/mol. The quantitative estimate of drug-likeness (QED) is 0.357. The number of rotatable bonds is 5. The highest BCUT2D eigenvalue weighted by Crippen LogP contribution is 2.42. The number of ether oxygens (including phenoxy) is 1. The molecule has 2 aliphatic rings. The van der Waals surface area contributed by atoms with Gasteiger partial charge in [0.25, 0.3) is 0 Å². The van der Waals surface area contributed by atoms with Crippen molar-refractivity contribution in [1.82, 2.24) is 0 Å². The number of fused-ring (bicyclic) bond motifs is 1. The van der Waals surface area contributed by atoms with Crippen LogP contribution in [0.25, 0.3) is 0 Å². The zero-order chi connectivity index (χ0) is 22.1. The number of ketones is 1. The molecule has 7 heteroatoms. The van der Waals surface area contributed by atoms with Crippen molar-refractivity contribution in [2.75, 3.05) is 11.5 Å². The molecule has 1 saturated heterocycles. The van der Waals surface area contributed by atoms with E-state index in [1.54, 1.807) is 36.4 Å². The Hall–Kier alpha value is -2.80. The van der Waals surface area contributed by atoms with Gasteiger partial charge in [0.15, 0.2) is 12.4 Å². The summed E-state index contributed by atoms with van der Waals surface area (Å²) in [6.07, 6.45) is 2.37. The fourth-order valence-electron chi connectivity index (χ4n) is 4.35. The van der Waals surface area contributed by atoms with Crippen LogP contribution in [0.1, 0.15) is 46.9 Å². The van der Waals surface area contributed by atoms with Gasteiger partial charge in [-0.15, -0.1) is 0 Å². The molecule has 1 heterocycles. The van der Waals surface area contributed by atoms with Gasteiger partial charge < -0.3 is 4.74 Å². The lowest BCUT2D eigenvalue weighted by molar-refractivity contribution is -0.122. The third kappa shape index (κ3) is 4.32. The first-order chi connectivity index (χ1) is 14.8. The first-order valence-corrected chi connectivity index (χ1v) is 11.1. The van der Waals surface area contributed by atoms with E-state index in [0.717, 1.165) is 10.9 Å². The van der Waals surface area contributed by atoms with Gasteiger partial charge in [0.05, 0.1) is 23.1 Å². The average Bonchev–Trinajstić information content (AvgIpc) is 3.01. The van der Waals surface area contributed by atoms with Gasteiger partial charge in [0.2, 0.25) is 11.8 Å². The Morgan fingerprint density at radius 2 is 1.71 bits per heavy atom. The van der Waals surface area contributed by atoms with Crippen molar-refractivity contribution in [3.63, 3.8) is 0 Å². The molecule has 6 nitrogen and oxygen atoms in total. The van der Waals surface area contributed by atoms with Crippen LogP contribution in [0.3, 0.4) is 0 Å². The van der Waals surface area contributed by atoms with Crippen LogP contribution < -0.4 is 4.90 Å². The highest BCUT2D eigenvalue weighted by Gasteiger charge is 2.50. The number of anilines is 1. The zero-order valence-corrected chi connectivity index (χ0v) is 18.6. The van der Waals surface area contributed by atoms with Crippen LogP contribution in [0.4, 0.5) is 5.69 Å². The minimum Gasteiger partial charge on any atom is -0.454 e. The van der Waals surface area contributed by atoms with E-state index in [1.165, 1.54) is 17.0 Å². The lowest BCUT2D eigenvalue weighted by Crippen LogP contribution is -2.31. The number of amides is 2. The van der Waals surface area contributed by atoms with Crippen LogP contribution in [-0.2, 0) is 14.3 Å². The van der Waals surface area contributed by atoms with Gasteiger partial charge in [-0.1, -0.05) is 41.1 Å². The Balaban J connectivity index is 1.46. The van der Waals surface area contributed by atoms with Crippen LogP contribution in [0.15, 0.2) is 53.0 Å². The molecule has 0 bridgehead atoms. The number of imide groups is 1. The molecule has 0 N–H and O–H groups in total. The topological polar surface area (TPSA) is 80.8 Å². The third-order valence-electron chi connectivity index (χ3n) is 6.03. The number of hydrogen-bond acceptors (Lipinski definition) is 5. The van der Waals surface area contributed by atoms with E-state index < -0.39 is 12.6 Å². The monoisotopic (exact) mass is 483 g/mol. The molecule has 0 spiro atoms. The fraction of sp³-hybridized carbons (Fsp3) is 0.333. The smallest absolute Gasteiger partial charge is 0.338 e. The summed E-state index contributed by atoms with van der Waals surface area (Å²) in [6.45, 7) is 1.71. The first kappa shape index (κ1) is 21.4. The molecule has 0 radical (unpaired) electrons. The number of nitrogens with zero attached hydrogens (tertiary/aromatic N) is 1. The van der Waals surface area contributed by atoms with E-state index in [4.69, 9.17) is 4.74 Å². The van der Waals surface area contributed by atoms with Crippen LogP contribution in [0.2, 0.25) is 0 Å². The molecule has 1 aliphatic carbocycles. The van der Waals surface area contributed by atoms with E-state index in [2.05, 4.69) is 22.9 Å². The molecule has 3 atom stereocenters. The Bertz CT molecular complexity index is 1050. The maximum atomic E-state index is 12.9. The lowest BCUT2D eigenvalue weighted by Gasteiger charge is -2.25. The molecule has 4 rings (SSSR count). The molecular formula is C24H22BrNO5. The van der Waals surface area contributed by atoms with Crippen molar-refractivity contribution in [1.29, 1.82) is 0 Å². The van der Waals surface area contributed by atoms with Crippen LogP contribution in [0.5, 0.6) is 0 Å². The molecule has 0 unspecified atom stereocenters. The summed E-state index contributed by atoms with van der Waals surface area (Å²) < 4.78 is 6.01. The van der Waals surface area contributed by atoms with Crippen LogP contribution in [0, 0.1) is 17.8 Å². The van der Waals surface area contributed by atoms with E-state index >= 15 is 0 Å². The van der Waals surface area contributed by atoms with Crippen LogP contribution >= 0.6 is 15.9 Å². The highest BCUT2D eigenvalue weighted by molar-refractivity contribution is 9.10. The van der Waals surface area contributed by atoms with Crippen molar-refractivity contribution in [3.05, 3.63) is 64.1 Å². The second-order valence-electron chi connectivity index (χ2n) is 8.20. The molecule has 2 aromatic carbocycles. The number of carbonyl (C=O) groups is 4. The van der Waals surface area contributed by atoms with E-state index in [9.17, 15) is 19.2 Å². The summed E-state index contributed by atoms with van der Waals surface area (Å²) in [6, 6.07) is 13.0. The summed E-state index contributed by atoms with van der Waals surface area (Å²) in [4.78, 5) is 51.7. The fourth-order valence-corrected chi connectivity index (χ4v) is 4.61. The van der Waals surface area contributed by atoms with Gasteiger partial charge in [-0.25, -0.2) is 4.79 Å². The largest absolute Gasteiger partial charge is 0.454 e. The second kappa shape index (κ2) is 8.75. The third-order valence-corrected chi connectivity index (χ3v) is 6.56. The maximum Gasteiger partial charge on any atom is 0.338 e. The van der Waals surface area contributed by atoms with Crippen molar-refractivity contribution < 1.29 is 23.9 Å². The van der Waals surface area contributed by atoms with E-state index in [1.807, 2.05) is 0 Å². The molecule has 31 heavy (non-hydrogen) atoms. The average molecular weight is 484 g/mol. The molecule has 2 amide bonds. The minimum absolute atomic E-state index is 0.185. The first-order valence-electron chi connectivity index (χ1n) is 10.3. The van der Waals surface area contributed by atoms with Gasteiger partial charge >= 0.3 is 5.97 Å². The maximum absolute atomic E-state index is 12.9. The molecule has 1 aliphatic heterocycles. The molecular weight excluding hydrogens is 462 g/mol. The van der Waals surface area contributed by atoms with E-state index in [-0.39, 0.29) is 35.0 Å². The molecule has 1 saturated carbocycles. The SMILES string of the molecule is C[C@@H]1CC[C@@H]2C(=O)N(c3cccc(C(=O)OCC(=O)c4ccc(Br)cc4)c3)C(=O)[C@H]2C1. The normalized spacial score (nSPS) is 22.9. The summed E-state index contributed by atoms with van der Waals surface area (Å²) in [5.74, 6) is -1.53. The number of carbonyl (C=O) groups excluding carboxylic acids is 4. The van der Waals surface area contributed by atoms with Crippen molar-refractivity contribution in [2.24, 2.45) is 17.8 Å². The van der Waals surface area contributed by atoms with Gasteiger partial charge in [-0.2, -0.15) is 0 Å². The number of esters is 1. The molecule has 2 fully saturated rings. The molecule has 2 aromatic rings. The number of Topliss-reactive ketones (excluding diaryl/α,β-unsaturated/α-hetero) is 1. The lowest BCUT2D eigenvalue weighted by atomic mass is 9.76. The number of benzene rings is 2. The predicted octanol–water partition coefficient (Wildman–Crippen LogP) is 4.41. The van der Waals surface area contributed by atoms with Crippen molar-refractivity contribution in [2.45, 2.75) is 26.2 Å². The van der Waals surface area contributed by atoms with E-state index in [0.29, 0.717) is 30.0 Å². The Kier molecular flexibility index (Phi) is 6.05. The second-order valence-corrected chi connectivity index (χ2v) is 9.12. The summed E-state index contributed by atoms with van der Waals surface area (Å²) in [5, 5.41) is 0. The number of hydrogen-bond donors (Lipinski definition) is 0. The summed E-state index contributed by atoms with van der Waals surface area (Å²) in [7, 11) is 0. The van der Waals surface area contributed by atoms with Gasteiger partial charge in [0, 0.05) is 10.0 Å². The summed E-state index contributed by atoms with van der Waals surface area (Å²) >= 11 is 3.30. The van der Waals surface area contributed by atoms with Gasteiger partial charge in [-0.05, 0) is 55.5 Å². The van der Waals surface area contributed by atoms with Gasteiger partial charge in [0.1, 0.15) is 0 Å². The Labute approximate surface area is 188 Å². The van der Waals surface area contributed by atoms with Crippen LogP contribution in [-0.4, -0.2) is 30.2 Å². The Morgan fingerprint density at radius 3 is 2.45 bits per heavy atom. The van der Waals surface area contributed by atoms with Crippen molar-refractivity contribution in [3.8, 4) is 0 Å².